The maximum Gasteiger partial charge on any atom is 0.308 e. The van der Waals surface area contributed by atoms with Crippen LogP contribution in [0.5, 0.6) is 5.75 Å². The lowest BCUT2D eigenvalue weighted by Crippen LogP contribution is -2.11. The van der Waals surface area contributed by atoms with Gasteiger partial charge in [0.1, 0.15) is 0 Å². The molecule has 1 aromatic rings. The first-order valence-corrected chi connectivity index (χ1v) is 4.56. The molecule has 1 amide bonds. The van der Waals surface area contributed by atoms with Crippen LogP contribution in [0.2, 0.25) is 0 Å². The molecule has 0 heterocycles. The van der Waals surface area contributed by atoms with Gasteiger partial charge in [-0.25, -0.2) is 0 Å². The van der Waals surface area contributed by atoms with E-state index < -0.39 is 5.97 Å². The molecule has 15 heavy (non-hydrogen) atoms. The standard InChI is InChI=1S/C11H13NO3/c1-7-5-4-6-10(15-9(3)14)11(7)12-8(2)13/h4-6H,1-3H3,(H,12,13). The molecule has 0 bridgehead atoms. The molecule has 0 unspecified atom stereocenters. The van der Waals surface area contributed by atoms with Gasteiger partial charge in [0.15, 0.2) is 5.75 Å². The van der Waals surface area contributed by atoms with Crippen LogP contribution < -0.4 is 10.1 Å². The van der Waals surface area contributed by atoms with Crippen LogP contribution in [0.25, 0.3) is 0 Å². The maximum absolute atomic E-state index is 11.0. The van der Waals surface area contributed by atoms with Crippen LogP contribution in [0.15, 0.2) is 18.2 Å². The largest absolute Gasteiger partial charge is 0.424 e. The summed E-state index contributed by atoms with van der Waals surface area (Å²) in [5, 5.41) is 2.63. The summed E-state index contributed by atoms with van der Waals surface area (Å²) in [6, 6.07) is 5.23. The van der Waals surface area contributed by atoms with Crippen molar-refractivity contribution in [3.8, 4) is 5.75 Å². The third-order valence-corrected chi connectivity index (χ3v) is 1.79. The normalized spacial score (nSPS) is 9.53. The Hall–Kier alpha value is -1.84. The lowest BCUT2D eigenvalue weighted by molar-refractivity contribution is -0.131. The summed E-state index contributed by atoms with van der Waals surface area (Å²) >= 11 is 0. The summed E-state index contributed by atoms with van der Waals surface area (Å²) in [5.74, 6) is -0.234. The number of aryl methyl sites for hydroxylation is 1. The van der Waals surface area contributed by atoms with Crippen LogP contribution in [0, 0.1) is 6.92 Å². The second-order valence-corrected chi connectivity index (χ2v) is 3.22. The molecule has 0 fully saturated rings. The van der Waals surface area contributed by atoms with E-state index in [2.05, 4.69) is 5.32 Å². The van der Waals surface area contributed by atoms with E-state index in [1.165, 1.54) is 13.8 Å². The Morgan fingerprint density at radius 2 is 1.93 bits per heavy atom. The van der Waals surface area contributed by atoms with Crippen LogP contribution in [0.1, 0.15) is 19.4 Å². The number of anilines is 1. The van der Waals surface area contributed by atoms with Crippen molar-refractivity contribution in [2.75, 3.05) is 5.32 Å². The molecule has 0 aliphatic heterocycles. The number of carbonyl (C=O) groups is 2. The quantitative estimate of drug-likeness (QED) is 0.595. The Kier molecular flexibility index (Phi) is 3.44. The average molecular weight is 207 g/mol. The number of para-hydroxylation sites is 1. The highest BCUT2D eigenvalue weighted by Crippen LogP contribution is 2.27. The van der Waals surface area contributed by atoms with Gasteiger partial charge in [-0.3, -0.25) is 9.59 Å². The first-order valence-electron chi connectivity index (χ1n) is 4.56. The van der Waals surface area contributed by atoms with Gasteiger partial charge in [0.05, 0.1) is 5.69 Å². The van der Waals surface area contributed by atoms with Gasteiger partial charge in [0.25, 0.3) is 0 Å². The summed E-state index contributed by atoms with van der Waals surface area (Å²) in [6.45, 7) is 4.56. The fourth-order valence-electron chi connectivity index (χ4n) is 1.22. The Bertz CT molecular complexity index is 399. The average Bonchev–Trinajstić information content (AvgIpc) is 2.09. The van der Waals surface area contributed by atoms with Gasteiger partial charge in [-0.15, -0.1) is 0 Å². The number of esters is 1. The van der Waals surface area contributed by atoms with Gasteiger partial charge in [-0.05, 0) is 18.6 Å². The number of amides is 1. The van der Waals surface area contributed by atoms with Gasteiger partial charge in [-0.2, -0.15) is 0 Å². The predicted octanol–water partition coefficient (Wildman–Crippen LogP) is 1.88. The van der Waals surface area contributed by atoms with Crippen molar-refractivity contribution in [3.63, 3.8) is 0 Å². The highest BCUT2D eigenvalue weighted by Gasteiger charge is 2.09. The minimum absolute atomic E-state index is 0.197. The molecule has 4 nitrogen and oxygen atoms in total. The summed E-state index contributed by atoms with van der Waals surface area (Å²) in [5.41, 5.74) is 1.39. The van der Waals surface area contributed by atoms with Crippen molar-refractivity contribution in [1.29, 1.82) is 0 Å². The van der Waals surface area contributed by atoms with Crippen LogP contribution in [0.3, 0.4) is 0 Å². The molecule has 0 saturated heterocycles. The van der Waals surface area contributed by atoms with Crippen molar-refractivity contribution in [2.45, 2.75) is 20.8 Å². The maximum atomic E-state index is 11.0. The molecule has 0 aliphatic carbocycles. The third kappa shape index (κ3) is 3.09. The molecule has 0 saturated carbocycles. The minimum Gasteiger partial charge on any atom is -0.424 e. The Morgan fingerprint density at radius 3 is 2.47 bits per heavy atom. The van der Waals surface area contributed by atoms with Crippen molar-refractivity contribution in [2.24, 2.45) is 0 Å². The van der Waals surface area contributed by atoms with Crippen molar-refractivity contribution in [3.05, 3.63) is 23.8 Å². The number of hydrogen-bond donors (Lipinski definition) is 1. The number of benzene rings is 1. The second-order valence-electron chi connectivity index (χ2n) is 3.22. The zero-order valence-electron chi connectivity index (χ0n) is 8.96. The van der Waals surface area contributed by atoms with E-state index in [1.54, 1.807) is 12.1 Å². The Labute approximate surface area is 88.2 Å². The highest BCUT2D eigenvalue weighted by molar-refractivity contribution is 5.92. The molecule has 0 radical (unpaired) electrons. The molecular formula is C11H13NO3. The lowest BCUT2D eigenvalue weighted by atomic mass is 10.2. The van der Waals surface area contributed by atoms with Crippen LogP contribution in [0.4, 0.5) is 5.69 Å². The zero-order chi connectivity index (χ0) is 11.4. The topological polar surface area (TPSA) is 55.4 Å². The van der Waals surface area contributed by atoms with Crippen molar-refractivity contribution in [1.82, 2.24) is 0 Å². The number of ether oxygens (including phenoxy) is 1. The van der Waals surface area contributed by atoms with E-state index in [4.69, 9.17) is 4.74 Å². The van der Waals surface area contributed by atoms with Gasteiger partial charge in [0, 0.05) is 13.8 Å². The second kappa shape index (κ2) is 4.59. The van der Waals surface area contributed by atoms with Crippen LogP contribution in [-0.4, -0.2) is 11.9 Å². The first kappa shape index (κ1) is 11.2. The summed E-state index contributed by atoms with van der Waals surface area (Å²) in [6.07, 6.45) is 0. The SMILES string of the molecule is CC(=O)Nc1c(C)cccc1OC(C)=O. The smallest absolute Gasteiger partial charge is 0.308 e. The van der Waals surface area contributed by atoms with Crippen molar-refractivity contribution < 1.29 is 14.3 Å². The minimum atomic E-state index is -0.410. The molecule has 0 aromatic heterocycles. The number of carbonyl (C=O) groups excluding carboxylic acids is 2. The van der Waals surface area contributed by atoms with Crippen LogP contribution >= 0.6 is 0 Å². The molecule has 80 valence electrons. The van der Waals surface area contributed by atoms with E-state index in [0.717, 1.165) is 5.56 Å². The van der Waals surface area contributed by atoms with Gasteiger partial charge < -0.3 is 10.1 Å². The van der Waals surface area contributed by atoms with Gasteiger partial charge in [-0.1, -0.05) is 12.1 Å². The molecule has 1 rings (SSSR count). The van der Waals surface area contributed by atoms with E-state index in [1.807, 2.05) is 13.0 Å². The number of nitrogens with one attached hydrogen (secondary N) is 1. The van der Waals surface area contributed by atoms with Gasteiger partial charge >= 0.3 is 5.97 Å². The van der Waals surface area contributed by atoms with E-state index in [9.17, 15) is 9.59 Å². The van der Waals surface area contributed by atoms with Gasteiger partial charge in [0.2, 0.25) is 5.91 Å². The molecule has 1 N–H and O–H groups in total. The summed E-state index contributed by atoms with van der Waals surface area (Å²) in [7, 11) is 0. The fraction of sp³-hybridized carbons (Fsp3) is 0.273. The zero-order valence-corrected chi connectivity index (χ0v) is 8.96. The summed E-state index contributed by atoms with van der Waals surface area (Å²) < 4.78 is 4.97. The number of rotatable bonds is 2. The highest BCUT2D eigenvalue weighted by atomic mass is 16.5. The monoisotopic (exact) mass is 207 g/mol. The molecule has 0 aliphatic rings. The predicted molar refractivity (Wildman–Crippen MR) is 56.8 cm³/mol. The van der Waals surface area contributed by atoms with E-state index in [-0.39, 0.29) is 5.91 Å². The van der Waals surface area contributed by atoms with Crippen molar-refractivity contribution >= 4 is 17.6 Å². The lowest BCUT2D eigenvalue weighted by Gasteiger charge is -2.11. The fourth-order valence-corrected chi connectivity index (χ4v) is 1.22. The number of hydrogen-bond acceptors (Lipinski definition) is 3. The molecular weight excluding hydrogens is 194 g/mol. The molecule has 4 heteroatoms. The first-order chi connectivity index (χ1) is 7.00. The molecule has 0 atom stereocenters. The Balaban J connectivity index is 3.08. The Morgan fingerprint density at radius 1 is 1.27 bits per heavy atom. The third-order valence-electron chi connectivity index (χ3n) is 1.79. The van der Waals surface area contributed by atoms with Crippen LogP contribution in [-0.2, 0) is 9.59 Å². The molecule has 1 aromatic carbocycles. The van der Waals surface area contributed by atoms with E-state index >= 15 is 0 Å². The van der Waals surface area contributed by atoms with E-state index in [0.29, 0.717) is 11.4 Å². The molecule has 0 spiro atoms. The summed E-state index contributed by atoms with van der Waals surface area (Å²) in [4.78, 5) is 21.8.